The lowest BCUT2D eigenvalue weighted by molar-refractivity contribution is 0.115. The number of hydrogen-bond donors (Lipinski definition) is 1. The van der Waals surface area contributed by atoms with Gasteiger partial charge in [-0.1, -0.05) is 11.2 Å². The van der Waals surface area contributed by atoms with Gasteiger partial charge in [-0.15, -0.1) is 5.10 Å². The average molecular weight is 371 g/mol. The van der Waals surface area contributed by atoms with Gasteiger partial charge in [-0.3, -0.25) is 0 Å². The number of hydrogen-bond acceptors (Lipinski definition) is 6. The van der Waals surface area contributed by atoms with Crippen molar-refractivity contribution in [2.75, 3.05) is 11.4 Å². The Morgan fingerprint density at radius 2 is 2.22 bits per heavy atom. The molecule has 0 bridgehead atoms. The molecular weight excluding hydrogens is 356 g/mol. The summed E-state index contributed by atoms with van der Waals surface area (Å²) in [6.07, 6.45) is 1.34. The Balaban J connectivity index is 1.65. The predicted octanol–water partition coefficient (Wildman–Crippen LogP) is 2.84. The molecular formula is C17H15F2N7O. The van der Waals surface area contributed by atoms with E-state index in [1.165, 1.54) is 0 Å². The second-order valence-electron chi connectivity index (χ2n) is 6.43. The normalized spacial score (nSPS) is 17.0. The maximum atomic E-state index is 12.9. The number of H-pyrrole nitrogens is 1. The number of imidazole rings is 1. The molecule has 5 heterocycles. The van der Waals surface area contributed by atoms with Gasteiger partial charge in [-0.25, -0.2) is 9.50 Å². The summed E-state index contributed by atoms with van der Waals surface area (Å²) < 4.78 is 32.8. The molecule has 0 saturated carbocycles. The SMILES string of the molecule is Cc1cccn2nc([C@@H]3c4nc[nH]c4CCN3c3nnc(C(F)F)o3)cc12. The van der Waals surface area contributed by atoms with Crippen molar-refractivity contribution in [1.82, 2.24) is 29.8 Å². The van der Waals surface area contributed by atoms with E-state index in [1.54, 1.807) is 15.7 Å². The van der Waals surface area contributed by atoms with Crippen molar-refractivity contribution < 1.29 is 13.2 Å². The number of anilines is 1. The van der Waals surface area contributed by atoms with Crippen molar-refractivity contribution in [2.24, 2.45) is 0 Å². The van der Waals surface area contributed by atoms with Crippen LogP contribution < -0.4 is 4.90 Å². The van der Waals surface area contributed by atoms with Crippen LogP contribution in [0.5, 0.6) is 0 Å². The number of aryl methyl sites for hydroxylation is 1. The van der Waals surface area contributed by atoms with E-state index in [9.17, 15) is 8.78 Å². The average Bonchev–Trinajstić information content (AvgIpc) is 3.39. The molecule has 0 saturated heterocycles. The van der Waals surface area contributed by atoms with Crippen molar-refractivity contribution in [3.8, 4) is 0 Å². The van der Waals surface area contributed by atoms with Crippen LogP contribution in [0.3, 0.4) is 0 Å². The summed E-state index contributed by atoms with van der Waals surface area (Å²) in [7, 11) is 0. The highest BCUT2D eigenvalue weighted by molar-refractivity contribution is 5.56. The molecule has 1 N–H and O–H groups in total. The zero-order valence-electron chi connectivity index (χ0n) is 14.3. The molecule has 0 amide bonds. The van der Waals surface area contributed by atoms with Crippen LogP contribution in [0.25, 0.3) is 5.52 Å². The highest BCUT2D eigenvalue weighted by Crippen LogP contribution is 2.37. The van der Waals surface area contributed by atoms with Crippen LogP contribution in [0.15, 0.2) is 35.1 Å². The zero-order chi connectivity index (χ0) is 18.5. The second-order valence-corrected chi connectivity index (χ2v) is 6.43. The number of halogens is 2. The van der Waals surface area contributed by atoms with Gasteiger partial charge in [0.1, 0.15) is 6.04 Å². The Labute approximate surface area is 151 Å². The number of fused-ring (bicyclic) bond motifs is 2. The zero-order valence-corrected chi connectivity index (χ0v) is 14.3. The van der Waals surface area contributed by atoms with Gasteiger partial charge in [0.2, 0.25) is 0 Å². The van der Waals surface area contributed by atoms with Crippen LogP contribution in [-0.2, 0) is 6.42 Å². The lowest BCUT2D eigenvalue weighted by Gasteiger charge is -2.32. The first-order chi connectivity index (χ1) is 13.1. The van der Waals surface area contributed by atoms with E-state index in [1.807, 2.05) is 31.3 Å². The fraction of sp³-hybridized carbons (Fsp3) is 0.294. The van der Waals surface area contributed by atoms with Gasteiger partial charge in [0, 0.05) is 24.9 Å². The number of nitrogens with zero attached hydrogens (tertiary/aromatic N) is 6. The number of rotatable bonds is 3. The largest absolute Gasteiger partial charge is 0.402 e. The molecule has 0 radical (unpaired) electrons. The van der Waals surface area contributed by atoms with E-state index in [-0.39, 0.29) is 6.01 Å². The number of aromatic amines is 1. The molecule has 4 aromatic rings. The highest BCUT2D eigenvalue weighted by atomic mass is 19.3. The van der Waals surface area contributed by atoms with Gasteiger partial charge < -0.3 is 14.3 Å². The van der Waals surface area contributed by atoms with Crippen molar-refractivity contribution >= 4 is 11.5 Å². The number of aromatic nitrogens is 6. The first-order valence-corrected chi connectivity index (χ1v) is 8.47. The summed E-state index contributed by atoms with van der Waals surface area (Å²) >= 11 is 0. The molecule has 4 aromatic heterocycles. The van der Waals surface area contributed by atoms with Crippen LogP contribution >= 0.6 is 0 Å². The van der Waals surface area contributed by atoms with Gasteiger partial charge >= 0.3 is 12.4 Å². The Kier molecular flexibility index (Phi) is 3.46. The van der Waals surface area contributed by atoms with Gasteiger partial charge in [0.05, 0.1) is 23.2 Å². The maximum absolute atomic E-state index is 12.9. The predicted molar refractivity (Wildman–Crippen MR) is 90.7 cm³/mol. The first-order valence-electron chi connectivity index (χ1n) is 8.47. The molecule has 0 fully saturated rings. The summed E-state index contributed by atoms with van der Waals surface area (Å²) in [5.41, 5.74) is 4.54. The van der Waals surface area contributed by atoms with Gasteiger partial charge in [-0.2, -0.15) is 13.9 Å². The van der Waals surface area contributed by atoms with Crippen molar-refractivity contribution in [3.63, 3.8) is 0 Å². The van der Waals surface area contributed by atoms with Crippen molar-refractivity contribution in [1.29, 1.82) is 0 Å². The smallest absolute Gasteiger partial charge is 0.319 e. The molecule has 0 unspecified atom stereocenters. The molecule has 0 aromatic carbocycles. The summed E-state index contributed by atoms with van der Waals surface area (Å²) in [5, 5.41) is 12.0. The Morgan fingerprint density at radius 3 is 3.00 bits per heavy atom. The van der Waals surface area contributed by atoms with Crippen LogP contribution in [-0.4, -0.2) is 36.3 Å². The number of alkyl halides is 2. The third kappa shape index (κ3) is 2.47. The van der Waals surface area contributed by atoms with E-state index >= 15 is 0 Å². The standard InChI is InChI=1S/C17H15F2N7O/c1-9-3-2-5-26-12(9)7-11(24-26)14-13-10(20-8-21-13)4-6-25(14)17-23-22-16(27-17)15(18)19/h2-3,5,7-8,14-15H,4,6H2,1H3,(H,20,21)/t14-/m1/s1. The summed E-state index contributed by atoms with van der Waals surface area (Å²) in [6, 6.07) is 5.53. The maximum Gasteiger partial charge on any atom is 0.319 e. The molecule has 0 spiro atoms. The van der Waals surface area contributed by atoms with Gasteiger partial charge in [-0.05, 0) is 24.6 Å². The topological polar surface area (TPSA) is 88.1 Å². The molecule has 1 aliphatic rings. The third-order valence-corrected chi connectivity index (χ3v) is 4.80. The van der Waals surface area contributed by atoms with E-state index in [2.05, 4.69) is 25.3 Å². The van der Waals surface area contributed by atoms with Crippen molar-refractivity contribution in [3.05, 3.63) is 59.3 Å². The van der Waals surface area contributed by atoms with E-state index in [4.69, 9.17) is 4.42 Å². The lowest BCUT2D eigenvalue weighted by atomic mass is 10.00. The number of nitrogens with one attached hydrogen (secondary N) is 1. The minimum absolute atomic E-state index is 0.0396. The minimum atomic E-state index is -2.81. The van der Waals surface area contributed by atoms with Crippen LogP contribution in [0.1, 0.15) is 41.0 Å². The van der Waals surface area contributed by atoms with E-state index < -0.39 is 18.4 Å². The molecule has 27 heavy (non-hydrogen) atoms. The summed E-state index contributed by atoms with van der Waals surface area (Å²) in [6.45, 7) is 2.52. The molecule has 10 heteroatoms. The molecule has 8 nitrogen and oxygen atoms in total. The molecule has 0 aliphatic carbocycles. The third-order valence-electron chi connectivity index (χ3n) is 4.80. The Hall–Kier alpha value is -3.30. The monoisotopic (exact) mass is 371 g/mol. The van der Waals surface area contributed by atoms with Crippen LogP contribution in [0.4, 0.5) is 14.8 Å². The molecule has 1 aliphatic heterocycles. The van der Waals surface area contributed by atoms with Crippen molar-refractivity contribution in [2.45, 2.75) is 25.8 Å². The van der Waals surface area contributed by atoms with Gasteiger partial charge in [0.25, 0.3) is 5.89 Å². The molecule has 138 valence electrons. The second kappa shape index (κ2) is 5.86. The number of pyridine rings is 1. The molecule has 1 atom stereocenters. The van der Waals surface area contributed by atoms with Crippen LogP contribution in [0, 0.1) is 6.92 Å². The summed E-state index contributed by atoms with van der Waals surface area (Å²) in [5.74, 6) is -0.692. The quantitative estimate of drug-likeness (QED) is 0.596. The highest BCUT2D eigenvalue weighted by Gasteiger charge is 2.36. The summed E-state index contributed by atoms with van der Waals surface area (Å²) in [4.78, 5) is 9.36. The molecule has 5 rings (SSSR count). The van der Waals surface area contributed by atoms with Gasteiger partial charge in [0.15, 0.2) is 0 Å². The fourth-order valence-electron chi connectivity index (χ4n) is 3.52. The fourth-order valence-corrected chi connectivity index (χ4v) is 3.52. The van der Waals surface area contributed by atoms with E-state index in [0.29, 0.717) is 13.0 Å². The lowest BCUT2D eigenvalue weighted by Crippen LogP contribution is -2.36. The Morgan fingerprint density at radius 1 is 1.33 bits per heavy atom. The Bertz CT molecular complexity index is 1120. The van der Waals surface area contributed by atoms with Crippen LogP contribution in [0.2, 0.25) is 0 Å². The van der Waals surface area contributed by atoms with E-state index in [0.717, 1.165) is 28.2 Å². The first kappa shape index (κ1) is 15.9. The minimum Gasteiger partial charge on any atom is -0.402 e.